The minimum Gasteiger partial charge on any atom is -0.478 e. The Morgan fingerprint density at radius 3 is 2.56 bits per heavy atom. The molecule has 0 saturated heterocycles. The predicted octanol–water partition coefficient (Wildman–Crippen LogP) is 3.21. The van der Waals surface area contributed by atoms with Crippen molar-refractivity contribution in [3.63, 3.8) is 0 Å². The van der Waals surface area contributed by atoms with E-state index in [0.29, 0.717) is 30.5 Å². The fourth-order valence-corrected chi connectivity index (χ4v) is 2.90. The highest BCUT2D eigenvalue weighted by molar-refractivity contribution is 5.81. The van der Waals surface area contributed by atoms with Crippen molar-refractivity contribution in [3.05, 3.63) is 23.8 Å². The molecular formula is C15H22O3. The summed E-state index contributed by atoms with van der Waals surface area (Å²) in [5, 5.41) is 8.66. The van der Waals surface area contributed by atoms with Crippen LogP contribution in [-0.4, -0.2) is 16.9 Å². The Balaban J connectivity index is 2.85. The van der Waals surface area contributed by atoms with Crippen LogP contribution in [0.3, 0.4) is 0 Å². The van der Waals surface area contributed by atoms with Gasteiger partial charge in [0.05, 0.1) is 0 Å². The van der Waals surface area contributed by atoms with Crippen molar-refractivity contribution in [2.24, 2.45) is 17.3 Å². The van der Waals surface area contributed by atoms with E-state index in [4.69, 9.17) is 5.11 Å². The third kappa shape index (κ3) is 3.83. The Morgan fingerprint density at radius 2 is 2.06 bits per heavy atom. The molecule has 1 fully saturated rings. The number of hydrogen-bond acceptors (Lipinski definition) is 2. The van der Waals surface area contributed by atoms with Gasteiger partial charge in [-0.05, 0) is 29.7 Å². The third-order valence-electron chi connectivity index (χ3n) is 3.64. The molecule has 0 amide bonds. The third-order valence-corrected chi connectivity index (χ3v) is 3.64. The zero-order chi connectivity index (χ0) is 13.9. The summed E-state index contributed by atoms with van der Waals surface area (Å²) < 4.78 is 0. The molecule has 1 rings (SSSR count). The summed E-state index contributed by atoms with van der Waals surface area (Å²) in [6.07, 6.45) is 6.34. The average Bonchev–Trinajstić information content (AvgIpc) is 2.12. The van der Waals surface area contributed by atoms with Crippen molar-refractivity contribution >= 4 is 11.8 Å². The molecule has 1 aliphatic rings. The molecule has 0 aliphatic heterocycles. The van der Waals surface area contributed by atoms with Crippen LogP contribution < -0.4 is 0 Å². The van der Waals surface area contributed by atoms with Gasteiger partial charge in [-0.3, -0.25) is 4.79 Å². The van der Waals surface area contributed by atoms with E-state index in [-0.39, 0.29) is 5.41 Å². The Labute approximate surface area is 109 Å². The minimum atomic E-state index is -0.928. The van der Waals surface area contributed by atoms with Gasteiger partial charge in [-0.15, -0.1) is 0 Å². The van der Waals surface area contributed by atoms with E-state index in [1.165, 1.54) is 6.08 Å². The number of aliphatic carboxylic acids is 1. The van der Waals surface area contributed by atoms with E-state index in [1.54, 1.807) is 6.92 Å². The second-order valence-electron chi connectivity index (χ2n) is 6.00. The molecule has 3 heteroatoms. The number of rotatable bonds is 3. The van der Waals surface area contributed by atoms with Gasteiger partial charge in [0.25, 0.3) is 0 Å². The van der Waals surface area contributed by atoms with Gasteiger partial charge >= 0.3 is 5.97 Å². The quantitative estimate of drug-likeness (QED) is 0.618. The predicted molar refractivity (Wildman–Crippen MR) is 71.2 cm³/mol. The summed E-state index contributed by atoms with van der Waals surface area (Å²) in [6, 6.07) is 0. The fourth-order valence-electron chi connectivity index (χ4n) is 2.90. The van der Waals surface area contributed by atoms with Crippen molar-refractivity contribution < 1.29 is 14.7 Å². The van der Waals surface area contributed by atoms with E-state index in [1.807, 2.05) is 6.08 Å². The summed E-state index contributed by atoms with van der Waals surface area (Å²) in [7, 11) is 0. The van der Waals surface area contributed by atoms with Gasteiger partial charge < -0.3 is 5.11 Å². The molecule has 0 aromatic rings. The highest BCUT2D eigenvalue weighted by Gasteiger charge is 2.38. The maximum atomic E-state index is 11.6. The molecule has 0 aromatic heterocycles. The normalized spacial score (nSPS) is 28.7. The number of carbonyl (C=O) groups is 2. The van der Waals surface area contributed by atoms with Gasteiger partial charge in [0.2, 0.25) is 0 Å². The first-order chi connectivity index (χ1) is 8.22. The molecule has 0 radical (unpaired) electrons. The Kier molecular flexibility index (Phi) is 4.49. The molecule has 100 valence electrons. The number of Topliss-reactive ketones (excluding diaryl/α,β-unsaturated/α-hetero) is 1. The molecule has 18 heavy (non-hydrogen) atoms. The van der Waals surface area contributed by atoms with Crippen LogP contribution >= 0.6 is 0 Å². The van der Waals surface area contributed by atoms with Gasteiger partial charge in [-0.1, -0.05) is 32.9 Å². The minimum absolute atomic E-state index is 0.0469. The topological polar surface area (TPSA) is 54.4 Å². The second-order valence-corrected chi connectivity index (χ2v) is 6.00. The van der Waals surface area contributed by atoms with Crippen LogP contribution in [0.25, 0.3) is 0 Å². The second kappa shape index (κ2) is 5.51. The van der Waals surface area contributed by atoms with Crippen LogP contribution in [0.4, 0.5) is 0 Å². The molecule has 3 nitrogen and oxygen atoms in total. The number of ketones is 1. The Morgan fingerprint density at radius 1 is 1.44 bits per heavy atom. The number of carboxylic acids is 1. The monoisotopic (exact) mass is 250 g/mol. The first-order valence-corrected chi connectivity index (χ1v) is 6.33. The Bertz CT molecular complexity index is 402. The van der Waals surface area contributed by atoms with E-state index in [2.05, 4.69) is 26.8 Å². The lowest BCUT2D eigenvalue weighted by Gasteiger charge is -2.40. The lowest BCUT2D eigenvalue weighted by Crippen LogP contribution is -2.36. The van der Waals surface area contributed by atoms with E-state index in [0.717, 1.165) is 5.57 Å². The number of carbonyl (C=O) groups excluding carboxylic acids is 1. The van der Waals surface area contributed by atoms with Crippen LogP contribution in [0.5, 0.6) is 0 Å². The van der Waals surface area contributed by atoms with Crippen LogP contribution in [0.15, 0.2) is 23.8 Å². The highest BCUT2D eigenvalue weighted by atomic mass is 16.4. The van der Waals surface area contributed by atoms with Crippen LogP contribution in [0.1, 0.15) is 40.5 Å². The molecule has 0 heterocycles. The summed E-state index contributed by atoms with van der Waals surface area (Å²) in [4.78, 5) is 22.1. The number of hydrogen-bond donors (Lipinski definition) is 1. The molecule has 0 aromatic carbocycles. The molecule has 2 atom stereocenters. The summed E-state index contributed by atoms with van der Waals surface area (Å²) in [5.41, 5.74) is 0.678. The molecular weight excluding hydrogens is 228 g/mol. The van der Waals surface area contributed by atoms with Crippen molar-refractivity contribution in [1.29, 1.82) is 0 Å². The van der Waals surface area contributed by atoms with Crippen LogP contribution in [-0.2, 0) is 9.59 Å². The van der Waals surface area contributed by atoms with Crippen LogP contribution in [0, 0.1) is 17.3 Å². The molecule has 1 aliphatic carbocycles. The van der Waals surface area contributed by atoms with Crippen molar-refractivity contribution in [2.75, 3.05) is 0 Å². The van der Waals surface area contributed by atoms with Gasteiger partial charge in [-0.2, -0.15) is 0 Å². The molecule has 1 N–H and O–H groups in total. The lowest BCUT2D eigenvalue weighted by molar-refractivity contribution is -0.131. The van der Waals surface area contributed by atoms with Gasteiger partial charge in [0, 0.05) is 18.9 Å². The number of carboxylic acid groups (broad SMARTS) is 1. The smallest absolute Gasteiger partial charge is 0.328 e. The first-order valence-electron chi connectivity index (χ1n) is 6.33. The van der Waals surface area contributed by atoms with Crippen molar-refractivity contribution in [1.82, 2.24) is 0 Å². The molecule has 0 spiro atoms. The van der Waals surface area contributed by atoms with E-state index >= 15 is 0 Å². The zero-order valence-electron chi connectivity index (χ0n) is 11.6. The summed E-state index contributed by atoms with van der Waals surface area (Å²) in [6.45, 7) is 8.07. The number of allylic oxidation sites excluding steroid dienone is 3. The van der Waals surface area contributed by atoms with Gasteiger partial charge in [0.1, 0.15) is 5.78 Å². The fraction of sp³-hybridized carbons (Fsp3) is 0.600. The zero-order valence-corrected chi connectivity index (χ0v) is 11.6. The average molecular weight is 250 g/mol. The Hall–Kier alpha value is -1.38. The first kappa shape index (κ1) is 14.7. The SMILES string of the molecule is CC(=C/C(=O)O)/C=C/C1C(C)CC(=O)CC1(C)C. The molecule has 1 saturated carbocycles. The molecule has 0 bridgehead atoms. The maximum absolute atomic E-state index is 11.6. The lowest BCUT2D eigenvalue weighted by atomic mass is 9.63. The maximum Gasteiger partial charge on any atom is 0.328 e. The van der Waals surface area contributed by atoms with Crippen molar-refractivity contribution in [3.8, 4) is 0 Å². The summed E-state index contributed by atoms with van der Waals surface area (Å²) in [5.74, 6) is 0.0284. The molecule has 2 unspecified atom stereocenters. The van der Waals surface area contributed by atoms with Crippen LogP contribution in [0.2, 0.25) is 0 Å². The highest BCUT2D eigenvalue weighted by Crippen LogP contribution is 2.43. The van der Waals surface area contributed by atoms with Gasteiger partial charge in [-0.25, -0.2) is 4.79 Å². The summed E-state index contributed by atoms with van der Waals surface area (Å²) >= 11 is 0. The van der Waals surface area contributed by atoms with E-state index in [9.17, 15) is 9.59 Å². The van der Waals surface area contributed by atoms with Crippen molar-refractivity contribution in [2.45, 2.75) is 40.5 Å². The van der Waals surface area contributed by atoms with E-state index < -0.39 is 5.97 Å². The largest absolute Gasteiger partial charge is 0.478 e. The standard InChI is InChI=1S/C15H22O3/c1-10(7-14(17)18)5-6-13-11(2)8-12(16)9-15(13,3)4/h5-7,11,13H,8-9H2,1-4H3,(H,17,18)/b6-5+,10-7-. The van der Waals surface area contributed by atoms with Gasteiger partial charge in [0.15, 0.2) is 0 Å².